The standard InChI is InChI=1S/C51H104O3/c1-12-15-17-19-21-23-25-27-29-31-33-35-37-39-47(40-38-36-34-32-30-28-26-24-22-20-18-16-13-2)53-46-49(6,7)45-48(4,5)41-42-51(10,14-3)54-44-43-50(8,9)52-11/h47H,12-46H2,1-11H3. The quantitative estimate of drug-likeness (QED) is 0.0579. The van der Waals surface area contributed by atoms with Crippen molar-refractivity contribution in [1.29, 1.82) is 0 Å². The summed E-state index contributed by atoms with van der Waals surface area (Å²) in [6.45, 7) is 25.0. The Bertz CT molecular complexity index is 758. The second-order valence-corrected chi connectivity index (χ2v) is 20.4. The minimum atomic E-state index is -0.130. The molecule has 0 radical (unpaired) electrons. The van der Waals surface area contributed by atoms with Gasteiger partial charge < -0.3 is 14.2 Å². The number of rotatable bonds is 42. The third-order valence-electron chi connectivity index (χ3n) is 12.7. The Labute approximate surface area is 342 Å². The van der Waals surface area contributed by atoms with Crippen LogP contribution in [0.2, 0.25) is 0 Å². The number of hydrogen-bond acceptors (Lipinski definition) is 3. The molecule has 0 saturated carbocycles. The van der Waals surface area contributed by atoms with Gasteiger partial charge >= 0.3 is 0 Å². The average Bonchev–Trinajstić information content (AvgIpc) is 3.12. The minimum Gasteiger partial charge on any atom is -0.379 e. The van der Waals surface area contributed by atoms with E-state index in [2.05, 4.69) is 69.2 Å². The Morgan fingerprint density at radius 2 is 0.796 bits per heavy atom. The van der Waals surface area contributed by atoms with Crippen LogP contribution in [0, 0.1) is 10.8 Å². The molecular weight excluding hydrogens is 661 g/mol. The van der Waals surface area contributed by atoms with Crippen molar-refractivity contribution in [2.45, 2.75) is 298 Å². The molecule has 0 aliphatic carbocycles. The lowest BCUT2D eigenvalue weighted by Gasteiger charge is -2.39. The van der Waals surface area contributed by atoms with Gasteiger partial charge in [-0.15, -0.1) is 0 Å². The van der Waals surface area contributed by atoms with E-state index >= 15 is 0 Å². The van der Waals surface area contributed by atoms with Gasteiger partial charge in [-0.05, 0) is 76.5 Å². The topological polar surface area (TPSA) is 27.7 Å². The zero-order chi connectivity index (χ0) is 40.4. The fourth-order valence-electron chi connectivity index (χ4n) is 8.47. The first kappa shape index (κ1) is 53.9. The van der Waals surface area contributed by atoms with Gasteiger partial charge in [0, 0.05) is 7.11 Å². The summed E-state index contributed by atoms with van der Waals surface area (Å²) in [5, 5.41) is 0. The second kappa shape index (κ2) is 33.8. The summed E-state index contributed by atoms with van der Waals surface area (Å²) in [5.74, 6) is 0. The van der Waals surface area contributed by atoms with Crippen LogP contribution in [0.15, 0.2) is 0 Å². The predicted molar refractivity (Wildman–Crippen MR) is 242 cm³/mol. The van der Waals surface area contributed by atoms with E-state index in [4.69, 9.17) is 14.2 Å². The molecule has 0 heterocycles. The van der Waals surface area contributed by atoms with Crippen LogP contribution in [0.3, 0.4) is 0 Å². The molecule has 3 nitrogen and oxygen atoms in total. The SMILES string of the molecule is CCCCCCCCCCCCCCCC(CCCCCCCCCCCCCCC)OCC(C)(C)CC(C)(C)CCC(C)(CC)OCCC(C)(C)OC. The summed E-state index contributed by atoms with van der Waals surface area (Å²) in [7, 11) is 1.80. The summed E-state index contributed by atoms with van der Waals surface area (Å²) in [4.78, 5) is 0. The summed E-state index contributed by atoms with van der Waals surface area (Å²) < 4.78 is 19.0. The summed E-state index contributed by atoms with van der Waals surface area (Å²) in [5.41, 5.74) is 0.210. The molecule has 0 aromatic rings. The van der Waals surface area contributed by atoms with Crippen molar-refractivity contribution in [3.8, 4) is 0 Å². The van der Waals surface area contributed by atoms with E-state index in [1.165, 1.54) is 193 Å². The predicted octanol–water partition coefficient (Wildman–Crippen LogP) is 17.6. The number of methoxy groups -OCH3 is 1. The fourth-order valence-corrected chi connectivity index (χ4v) is 8.47. The molecule has 0 aliphatic rings. The minimum absolute atomic E-state index is 0.0748. The van der Waals surface area contributed by atoms with Crippen molar-refractivity contribution in [3.05, 3.63) is 0 Å². The number of unbranched alkanes of at least 4 members (excludes halogenated alkanes) is 24. The highest BCUT2D eigenvalue weighted by atomic mass is 16.5. The molecule has 3 heteroatoms. The zero-order valence-electron chi connectivity index (χ0n) is 39.6. The van der Waals surface area contributed by atoms with E-state index in [0.717, 1.165) is 32.5 Å². The molecule has 1 atom stereocenters. The van der Waals surface area contributed by atoms with Crippen molar-refractivity contribution in [1.82, 2.24) is 0 Å². The molecule has 0 aromatic carbocycles. The van der Waals surface area contributed by atoms with Crippen LogP contribution in [0.4, 0.5) is 0 Å². The zero-order valence-corrected chi connectivity index (χ0v) is 39.6. The van der Waals surface area contributed by atoms with E-state index in [-0.39, 0.29) is 22.0 Å². The highest BCUT2D eigenvalue weighted by Gasteiger charge is 2.33. The number of ether oxygens (including phenoxy) is 3. The van der Waals surface area contributed by atoms with Gasteiger partial charge in [-0.2, -0.15) is 0 Å². The Morgan fingerprint density at radius 3 is 1.15 bits per heavy atom. The van der Waals surface area contributed by atoms with Gasteiger partial charge in [-0.3, -0.25) is 0 Å². The molecule has 0 saturated heterocycles. The van der Waals surface area contributed by atoms with Gasteiger partial charge in [0.15, 0.2) is 0 Å². The summed E-state index contributed by atoms with van der Waals surface area (Å²) in [6, 6.07) is 0. The monoisotopic (exact) mass is 765 g/mol. The van der Waals surface area contributed by atoms with E-state index in [1.54, 1.807) is 7.11 Å². The molecule has 0 rings (SSSR count). The molecule has 0 aromatic heterocycles. The molecule has 54 heavy (non-hydrogen) atoms. The Balaban J connectivity index is 4.73. The van der Waals surface area contributed by atoms with E-state index < -0.39 is 0 Å². The van der Waals surface area contributed by atoms with Crippen LogP contribution < -0.4 is 0 Å². The van der Waals surface area contributed by atoms with E-state index in [9.17, 15) is 0 Å². The van der Waals surface area contributed by atoms with Crippen molar-refractivity contribution in [2.75, 3.05) is 20.3 Å². The van der Waals surface area contributed by atoms with Crippen molar-refractivity contribution < 1.29 is 14.2 Å². The lowest BCUT2D eigenvalue weighted by molar-refractivity contribution is -0.0778. The fraction of sp³-hybridized carbons (Fsp3) is 1.00. The third-order valence-corrected chi connectivity index (χ3v) is 12.7. The second-order valence-electron chi connectivity index (χ2n) is 20.4. The van der Waals surface area contributed by atoms with Gasteiger partial charge in [0.25, 0.3) is 0 Å². The van der Waals surface area contributed by atoms with E-state index in [0.29, 0.717) is 6.10 Å². The Kier molecular flexibility index (Phi) is 33.7. The Morgan fingerprint density at radius 1 is 0.426 bits per heavy atom. The van der Waals surface area contributed by atoms with Crippen molar-refractivity contribution >= 4 is 0 Å². The van der Waals surface area contributed by atoms with Crippen molar-refractivity contribution in [2.24, 2.45) is 10.8 Å². The van der Waals surface area contributed by atoms with Crippen molar-refractivity contribution in [3.63, 3.8) is 0 Å². The molecular formula is C51H104O3. The van der Waals surface area contributed by atoms with Crippen LogP contribution >= 0.6 is 0 Å². The Hall–Kier alpha value is -0.120. The largest absolute Gasteiger partial charge is 0.379 e. The van der Waals surface area contributed by atoms with Gasteiger partial charge in [-0.25, -0.2) is 0 Å². The first-order valence-corrected chi connectivity index (χ1v) is 24.5. The normalized spacial score (nSPS) is 14.0. The van der Waals surface area contributed by atoms with Crippen LogP contribution in [-0.2, 0) is 14.2 Å². The highest BCUT2D eigenvalue weighted by Crippen LogP contribution is 2.40. The summed E-state index contributed by atoms with van der Waals surface area (Å²) in [6.07, 6.45) is 45.3. The maximum absolute atomic E-state index is 6.89. The van der Waals surface area contributed by atoms with Crippen LogP contribution in [-0.4, -0.2) is 37.6 Å². The van der Waals surface area contributed by atoms with Gasteiger partial charge in [0.05, 0.1) is 30.5 Å². The van der Waals surface area contributed by atoms with Crippen LogP contribution in [0.1, 0.15) is 281 Å². The lowest BCUT2D eigenvalue weighted by Crippen LogP contribution is -2.34. The highest BCUT2D eigenvalue weighted by molar-refractivity contribution is 4.84. The lowest BCUT2D eigenvalue weighted by atomic mass is 9.72. The maximum atomic E-state index is 6.89. The molecule has 0 N–H and O–H groups in total. The van der Waals surface area contributed by atoms with Crippen LogP contribution in [0.5, 0.6) is 0 Å². The van der Waals surface area contributed by atoms with Gasteiger partial charge in [-0.1, -0.05) is 215 Å². The van der Waals surface area contributed by atoms with Crippen LogP contribution in [0.25, 0.3) is 0 Å². The van der Waals surface area contributed by atoms with E-state index in [1.807, 2.05) is 0 Å². The molecule has 0 amide bonds. The molecule has 0 bridgehead atoms. The smallest absolute Gasteiger partial charge is 0.0652 e. The molecule has 0 aliphatic heterocycles. The van der Waals surface area contributed by atoms with Gasteiger partial charge in [0.1, 0.15) is 0 Å². The maximum Gasteiger partial charge on any atom is 0.0652 e. The first-order chi connectivity index (χ1) is 25.7. The molecule has 0 fully saturated rings. The van der Waals surface area contributed by atoms with Gasteiger partial charge in [0.2, 0.25) is 0 Å². The first-order valence-electron chi connectivity index (χ1n) is 24.5. The average molecular weight is 765 g/mol. The molecule has 0 spiro atoms. The number of hydrogen-bond donors (Lipinski definition) is 0. The third kappa shape index (κ3) is 34.0. The molecule has 1 unspecified atom stereocenters. The summed E-state index contributed by atoms with van der Waals surface area (Å²) >= 11 is 0. The molecule has 326 valence electrons.